The van der Waals surface area contributed by atoms with Gasteiger partial charge in [-0.05, 0) is 46.1 Å². The highest BCUT2D eigenvalue weighted by Crippen LogP contribution is 2.48. The van der Waals surface area contributed by atoms with Gasteiger partial charge in [-0.3, -0.25) is 29.4 Å². The fraction of sp³-hybridized carbons (Fsp3) is 0.444. The minimum atomic E-state index is -4.50. The van der Waals surface area contributed by atoms with Gasteiger partial charge in [-0.2, -0.15) is 5.09 Å². The number of ether oxygens (including phenoxy) is 2. The molecule has 3 aromatic rings. The largest absolute Gasteiger partial charge is 0.459 e. The van der Waals surface area contributed by atoms with Gasteiger partial charge in [-0.1, -0.05) is 36.4 Å². The Hall–Kier alpha value is -3.36. The highest BCUT2D eigenvalue weighted by molar-refractivity contribution is 7.52. The number of H-pyrrole nitrogens is 1. The zero-order valence-corrected chi connectivity index (χ0v) is 24.7. The van der Waals surface area contributed by atoms with Crippen molar-refractivity contribution >= 4 is 24.5 Å². The second-order valence-electron chi connectivity index (χ2n) is 11.1. The van der Waals surface area contributed by atoms with Crippen molar-refractivity contribution in [2.24, 2.45) is 5.73 Å². The summed E-state index contributed by atoms with van der Waals surface area (Å²) < 4.78 is 37.6. The Bertz CT molecular complexity index is 1630. The molecule has 228 valence electrons. The third kappa shape index (κ3) is 6.81. The zero-order chi connectivity index (χ0) is 31.0. The summed E-state index contributed by atoms with van der Waals surface area (Å²) in [5, 5.41) is 25.4. The maximum absolute atomic E-state index is 14.2. The summed E-state index contributed by atoms with van der Waals surface area (Å²) >= 11 is 0. The van der Waals surface area contributed by atoms with E-state index in [0.29, 0.717) is 5.39 Å². The van der Waals surface area contributed by atoms with Crippen molar-refractivity contribution < 1.29 is 38.1 Å². The first-order valence-electron chi connectivity index (χ1n) is 13.1. The van der Waals surface area contributed by atoms with E-state index in [-0.39, 0.29) is 11.3 Å². The van der Waals surface area contributed by atoms with Crippen LogP contribution in [0.4, 0.5) is 0 Å². The van der Waals surface area contributed by atoms with Crippen molar-refractivity contribution in [1.29, 1.82) is 0 Å². The molecule has 0 aliphatic carbocycles. The molecule has 14 nitrogen and oxygen atoms in total. The van der Waals surface area contributed by atoms with Crippen LogP contribution < -0.4 is 26.6 Å². The van der Waals surface area contributed by atoms with Crippen LogP contribution in [0.2, 0.25) is 0 Å². The molecule has 0 spiro atoms. The number of nitrogens with zero attached hydrogens (tertiary/aromatic N) is 1. The topological polar surface area (TPSA) is 204 Å². The molecular formula is C27H35N4O10P. The number of carbonyl (C=O) groups excluding carboxylic acids is 1. The van der Waals surface area contributed by atoms with E-state index in [4.69, 9.17) is 24.3 Å². The number of esters is 1. The molecule has 1 saturated heterocycles. The molecule has 0 bridgehead atoms. The average Bonchev–Trinajstić information content (AvgIpc) is 3.13. The molecule has 1 aliphatic rings. The maximum Gasteiger partial charge on any atom is 0.459 e. The number of carbonyl (C=O) groups is 1. The van der Waals surface area contributed by atoms with Crippen LogP contribution in [0, 0.1) is 6.92 Å². The molecule has 1 aliphatic heterocycles. The van der Waals surface area contributed by atoms with Gasteiger partial charge in [0.15, 0.2) is 12.0 Å². The normalized spacial score (nSPS) is 24.7. The molecule has 2 heterocycles. The standard InChI is InChI=1S/C27H35N4O10P/c1-15-13-31(25(36)29-22(15)34)23-20(32)21(33)27(28,39-23)14-38-42(37,30-16(2)24(35)40-26(3,4)5)41-19-12-8-10-17-9-6-7-11-18(17)19/h6-13,16,20-21,23,32-33H,14,28H2,1-5H3,(H,30,37)(H,29,34,36)/t16-,20+,21-,23+,27+,42?/m0/s1. The number of hydrogen-bond donors (Lipinski definition) is 5. The summed E-state index contributed by atoms with van der Waals surface area (Å²) in [4.78, 5) is 39.0. The molecule has 1 aromatic heterocycles. The van der Waals surface area contributed by atoms with Crippen molar-refractivity contribution in [2.75, 3.05) is 6.61 Å². The van der Waals surface area contributed by atoms with Crippen LogP contribution in [0.5, 0.6) is 5.75 Å². The van der Waals surface area contributed by atoms with Gasteiger partial charge in [0, 0.05) is 17.1 Å². The minimum absolute atomic E-state index is 0.138. The molecule has 0 radical (unpaired) electrons. The van der Waals surface area contributed by atoms with Gasteiger partial charge in [0.25, 0.3) is 5.56 Å². The van der Waals surface area contributed by atoms with Gasteiger partial charge in [0.05, 0.1) is 0 Å². The molecule has 6 N–H and O–H groups in total. The monoisotopic (exact) mass is 606 g/mol. The van der Waals surface area contributed by atoms with Crippen LogP contribution in [-0.4, -0.2) is 61.9 Å². The van der Waals surface area contributed by atoms with Gasteiger partial charge in [-0.25, -0.2) is 9.36 Å². The first kappa shape index (κ1) is 31.6. The predicted octanol–water partition coefficient (Wildman–Crippen LogP) is 1.43. The molecule has 2 aromatic carbocycles. The van der Waals surface area contributed by atoms with E-state index in [1.807, 2.05) is 18.2 Å². The van der Waals surface area contributed by atoms with E-state index in [1.165, 1.54) is 13.8 Å². The number of hydrogen-bond acceptors (Lipinski definition) is 11. The van der Waals surface area contributed by atoms with Crippen LogP contribution in [0.1, 0.15) is 39.5 Å². The van der Waals surface area contributed by atoms with Crippen molar-refractivity contribution in [2.45, 2.75) is 70.4 Å². The minimum Gasteiger partial charge on any atom is -0.459 e. The van der Waals surface area contributed by atoms with Crippen molar-refractivity contribution in [3.63, 3.8) is 0 Å². The Morgan fingerprint density at radius 1 is 1.21 bits per heavy atom. The lowest BCUT2D eigenvalue weighted by Crippen LogP contribution is -2.54. The Balaban J connectivity index is 1.63. The summed E-state index contributed by atoms with van der Waals surface area (Å²) in [6.07, 6.45) is -3.96. The Labute approximate surface area is 240 Å². The lowest BCUT2D eigenvalue weighted by atomic mass is 10.1. The molecule has 15 heteroatoms. The summed E-state index contributed by atoms with van der Waals surface area (Å²) in [6, 6.07) is 11.0. The lowest BCUT2D eigenvalue weighted by Gasteiger charge is -2.30. The van der Waals surface area contributed by atoms with E-state index in [0.717, 1.165) is 16.2 Å². The van der Waals surface area contributed by atoms with Gasteiger partial charge >= 0.3 is 19.4 Å². The highest BCUT2D eigenvalue weighted by atomic mass is 31.2. The maximum atomic E-state index is 14.2. The quantitative estimate of drug-likeness (QED) is 0.173. The first-order valence-corrected chi connectivity index (χ1v) is 14.6. The number of rotatable bonds is 9. The van der Waals surface area contributed by atoms with E-state index in [1.54, 1.807) is 45.0 Å². The van der Waals surface area contributed by atoms with Gasteiger partial charge in [0.1, 0.15) is 36.2 Å². The number of aromatic nitrogens is 2. The number of aryl methyl sites for hydroxylation is 1. The van der Waals surface area contributed by atoms with Gasteiger partial charge < -0.3 is 24.2 Å². The van der Waals surface area contributed by atoms with Crippen LogP contribution in [0.25, 0.3) is 10.8 Å². The van der Waals surface area contributed by atoms with Crippen LogP contribution in [0.3, 0.4) is 0 Å². The number of nitrogens with one attached hydrogen (secondary N) is 2. The third-order valence-corrected chi connectivity index (χ3v) is 8.03. The SMILES string of the molecule is Cc1cn([C@@H]2O[C@](N)(COP(=O)(N[C@@H](C)C(=O)OC(C)(C)C)Oc3cccc4ccccc34)[C@@H](O)[C@H]2O)c(=O)[nH]c1=O. The van der Waals surface area contributed by atoms with E-state index in [2.05, 4.69) is 10.1 Å². The molecular weight excluding hydrogens is 571 g/mol. The molecule has 1 fully saturated rings. The third-order valence-electron chi connectivity index (χ3n) is 6.42. The van der Waals surface area contributed by atoms with Gasteiger partial charge in [0.2, 0.25) is 0 Å². The number of aliphatic hydroxyl groups is 2. The van der Waals surface area contributed by atoms with Crippen molar-refractivity contribution in [1.82, 2.24) is 14.6 Å². The highest BCUT2D eigenvalue weighted by Gasteiger charge is 2.54. The van der Waals surface area contributed by atoms with Crippen molar-refractivity contribution in [3.8, 4) is 5.75 Å². The second kappa shape index (κ2) is 11.7. The molecule has 0 saturated carbocycles. The zero-order valence-electron chi connectivity index (χ0n) is 23.8. The average molecular weight is 607 g/mol. The van der Waals surface area contributed by atoms with E-state index in [9.17, 15) is 29.2 Å². The molecule has 42 heavy (non-hydrogen) atoms. The number of aliphatic hydroxyl groups excluding tert-OH is 2. The predicted molar refractivity (Wildman–Crippen MR) is 152 cm³/mol. The van der Waals surface area contributed by atoms with E-state index >= 15 is 0 Å². The molecule has 1 unspecified atom stereocenters. The summed E-state index contributed by atoms with van der Waals surface area (Å²) in [7, 11) is -4.50. The smallest absolute Gasteiger partial charge is 0.459 e. The molecule has 6 atom stereocenters. The summed E-state index contributed by atoms with van der Waals surface area (Å²) in [6.45, 7) is 7.04. The van der Waals surface area contributed by atoms with Crippen molar-refractivity contribution in [3.05, 3.63) is 75.1 Å². The van der Waals surface area contributed by atoms with Gasteiger partial charge in [-0.15, -0.1) is 0 Å². The lowest BCUT2D eigenvalue weighted by molar-refractivity contribution is -0.156. The Kier molecular flexibility index (Phi) is 8.82. The number of benzene rings is 2. The molecule has 0 amide bonds. The number of aromatic amines is 1. The second-order valence-corrected chi connectivity index (χ2v) is 12.8. The molecule has 4 rings (SSSR count). The summed E-state index contributed by atoms with van der Waals surface area (Å²) in [5.41, 5.74) is 1.81. The number of fused-ring (bicyclic) bond motifs is 1. The Morgan fingerprint density at radius 3 is 2.57 bits per heavy atom. The fourth-order valence-electron chi connectivity index (χ4n) is 4.29. The van der Waals surface area contributed by atoms with Crippen LogP contribution >= 0.6 is 7.75 Å². The van der Waals surface area contributed by atoms with Crippen LogP contribution in [-0.2, 0) is 23.4 Å². The first-order chi connectivity index (χ1) is 19.5. The Morgan fingerprint density at radius 2 is 1.88 bits per heavy atom. The van der Waals surface area contributed by atoms with Crippen LogP contribution in [0.15, 0.2) is 58.3 Å². The fourth-order valence-corrected chi connectivity index (χ4v) is 5.84. The van der Waals surface area contributed by atoms with E-state index < -0.39 is 67.4 Å². The number of nitrogens with two attached hydrogens (primary N) is 1. The summed E-state index contributed by atoms with van der Waals surface area (Å²) in [5.74, 6) is -0.580.